The number of carbonyl (C=O) groups is 1. The molecule has 1 aliphatic heterocycles. The summed E-state index contributed by atoms with van der Waals surface area (Å²) >= 11 is 0. The molecule has 0 bridgehead atoms. The summed E-state index contributed by atoms with van der Waals surface area (Å²) in [5, 5.41) is 6.05. The van der Waals surface area contributed by atoms with Gasteiger partial charge in [-0.25, -0.2) is 0 Å². The maximum absolute atomic E-state index is 11.6. The van der Waals surface area contributed by atoms with Gasteiger partial charge in [0.05, 0.1) is 12.5 Å². The predicted molar refractivity (Wildman–Crippen MR) is 70.0 cm³/mol. The van der Waals surface area contributed by atoms with E-state index in [1.54, 1.807) is 0 Å². The summed E-state index contributed by atoms with van der Waals surface area (Å²) in [5.74, 6) is 0.300. The van der Waals surface area contributed by atoms with Gasteiger partial charge in [-0.05, 0) is 18.1 Å². The second-order valence-corrected chi connectivity index (χ2v) is 4.53. The summed E-state index contributed by atoms with van der Waals surface area (Å²) in [6.07, 6.45) is 0. The van der Waals surface area contributed by atoms with Crippen LogP contribution < -0.4 is 10.6 Å². The summed E-state index contributed by atoms with van der Waals surface area (Å²) < 4.78 is 5.33. The molecule has 1 saturated heterocycles. The molecule has 0 saturated carbocycles. The van der Waals surface area contributed by atoms with Crippen molar-refractivity contribution >= 4 is 5.91 Å². The highest BCUT2D eigenvalue weighted by Crippen LogP contribution is 2.07. The molecule has 0 atom stereocenters. The lowest BCUT2D eigenvalue weighted by Crippen LogP contribution is -2.50. The lowest BCUT2D eigenvalue weighted by Gasteiger charge is -2.25. The van der Waals surface area contributed by atoms with Gasteiger partial charge in [0, 0.05) is 26.2 Å². The molecule has 4 nitrogen and oxygen atoms in total. The van der Waals surface area contributed by atoms with Crippen molar-refractivity contribution in [3.63, 3.8) is 0 Å². The van der Waals surface area contributed by atoms with E-state index in [2.05, 4.69) is 10.6 Å². The molecule has 0 spiro atoms. The van der Waals surface area contributed by atoms with Crippen molar-refractivity contribution in [1.29, 1.82) is 0 Å². The van der Waals surface area contributed by atoms with Gasteiger partial charge in [-0.2, -0.15) is 0 Å². The zero-order chi connectivity index (χ0) is 12.8. The van der Waals surface area contributed by atoms with Crippen LogP contribution in [-0.2, 0) is 22.7 Å². The third-order valence-electron chi connectivity index (χ3n) is 3.11. The molecule has 1 aromatic rings. The summed E-state index contributed by atoms with van der Waals surface area (Å²) in [7, 11) is 0. The second-order valence-electron chi connectivity index (χ2n) is 4.53. The number of hydrogen-bond acceptors (Lipinski definition) is 3. The van der Waals surface area contributed by atoms with Crippen LogP contribution >= 0.6 is 0 Å². The van der Waals surface area contributed by atoms with E-state index in [1.807, 2.05) is 31.2 Å². The Hall–Kier alpha value is -1.39. The second kappa shape index (κ2) is 6.52. The topological polar surface area (TPSA) is 50.4 Å². The molecule has 18 heavy (non-hydrogen) atoms. The first-order valence-electron chi connectivity index (χ1n) is 6.43. The van der Waals surface area contributed by atoms with Gasteiger partial charge in [-0.15, -0.1) is 0 Å². The highest BCUT2D eigenvalue weighted by molar-refractivity contribution is 5.79. The van der Waals surface area contributed by atoms with Gasteiger partial charge in [0.2, 0.25) is 5.91 Å². The minimum absolute atomic E-state index is 0.146. The zero-order valence-electron chi connectivity index (χ0n) is 10.7. The summed E-state index contributed by atoms with van der Waals surface area (Å²) in [5.41, 5.74) is 2.28. The van der Waals surface area contributed by atoms with Crippen LogP contribution in [0, 0.1) is 5.92 Å². The molecule has 1 aromatic carbocycles. The third-order valence-corrected chi connectivity index (χ3v) is 3.11. The van der Waals surface area contributed by atoms with Crippen molar-refractivity contribution < 1.29 is 9.53 Å². The van der Waals surface area contributed by atoms with Crippen molar-refractivity contribution in [3.8, 4) is 0 Å². The maximum Gasteiger partial charge on any atom is 0.225 e. The molecule has 1 amide bonds. The quantitative estimate of drug-likeness (QED) is 0.791. The van der Waals surface area contributed by atoms with Crippen molar-refractivity contribution in [1.82, 2.24) is 10.6 Å². The van der Waals surface area contributed by atoms with E-state index in [4.69, 9.17) is 4.74 Å². The van der Waals surface area contributed by atoms with Crippen molar-refractivity contribution in [2.45, 2.75) is 20.1 Å². The third kappa shape index (κ3) is 3.55. The SMILES string of the molecule is CCOCc1ccc(CNC(=O)C2CNC2)cc1. The first-order chi connectivity index (χ1) is 8.79. The van der Waals surface area contributed by atoms with Crippen LogP contribution in [0.15, 0.2) is 24.3 Å². The Morgan fingerprint density at radius 3 is 2.56 bits per heavy atom. The molecule has 1 fully saturated rings. The Labute approximate surface area is 108 Å². The molecule has 0 radical (unpaired) electrons. The largest absolute Gasteiger partial charge is 0.377 e. The van der Waals surface area contributed by atoms with E-state index in [0.717, 1.165) is 30.8 Å². The average molecular weight is 248 g/mol. The highest BCUT2D eigenvalue weighted by Gasteiger charge is 2.24. The molecular weight excluding hydrogens is 228 g/mol. The van der Waals surface area contributed by atoms with Crippen LogP contribution in [0.25, 0.3) is 0 Å². The minimum atomic E-state index is 0.146. The molecule has 4 heteroatoms. The first-order valence-corrected chi connectivity index (χ1v) is 6.43. The van der Waals surface area contributed by atoms with Crippen molar-refractivity contribution in [3.05, 3.63) is 35.4 Å². The molecule has 0 aromatic heterocycles. The summed E-state index contributed by atoms with van der Waals surface area (Å²) in [4.78, 5) is 11.6. The van der Waals surface area contributed by atoms with E-state index in [1.165, 1.54) is 0 Å². The van der Waals surface area contributed by atoms with Crippen molar-refractivity contribution in [2.24, 2.45) is 5.92 Å². The van der Waals surface area contributed by atoms with E-state index in [0.29, 0.717) is 13.2 Å². The van der Waals surface area contributed by atoms with E-state index < -0.39 is 0 Å². The molecule has 0 unspecified atom stereocenters. The lowest BCUT2D eigenvalue weighted by molar-refractivity contribution is -0.126. The lowest BCUT2D eigenvalue weighted by atomic mass is 10.0. The average Bonchev–Trinajstić information content (AvgIpc) is 2.33. The normalized spacial score (nSPS) is 15.2. The van der Waals surface area contributed by atoms with Gasteiger partial charge in [-0.1, -0.05) is 24.3 Å². The van der Waals surface area contributed by atoms with Crippen LogP contribution in [0.3, 0.4) is 0 Å². The molecular formula is C14H20N2O2. The zero-order valence-corrected chi connectivity index (χ0v) is 10.7. The minimum Gasteiger partial charge on any atom is -0.377 e. The first kappa shape index (κ1) is 13.1. The van der Waals surface area contributed by atoms with E-state index in [-0.39, 0.29) is 11.8 Å². The van der Waals surface area contributed by atoms with Crippen LogP contribution in [0.4, 0.5) is 0 Å². The number of hydrogen-bond donors (Lipinski definition) is 2. The fraction of sp³-hybridized carbons (Fsp3) is 0.500. The van der Waals surface area contributed by atoms with Gasteiger partial charge in [0.25, 0.3) is 0 Å². The Kier molecular flexibility index (Phi) is 4.73. The van der Waals surface area contributed by atoms with E-state index in [9.17, 15) is 4.79 Å². The standard InChI is InChI=1S/C14H20N2O2/c1-2-18-10-12-5-3-11(4-6-12)7-16-14(17)13-8-15-9-13/h3-6,13,15H,2,7-10H2,1H3,(H,16,17). The Bertz CT molecular complexity index is 385. The maximum atomic E-state index is 11.6. The van der Waals surface area contributed by atoms with Gasteiger partial charge >= 0.3 is 0 Å². The van der Waals surface area contributed by atoms with Crippen LogP contribution in [0.1, 0.15) is 18.1 Å². The number of rotatable bonds is 6. The van der Waals surface area contributed by atoms with Crippen molar-refractivity contribution in [2.75, 3.05) is 19.7 Å². The van der Waals surface area contributed by atoms with Crippen LogP contribution in [0.5, 0.6) is 0 Å². The van der Waals surface area contributed by atoms with Crippen LogP contribution in [0.2, 0.25) is 0 Å². The number of nitrogens with one attached hydrogen (secondary N) is 2. The Morgan fingerprint density at radius 2 is 2.00 bits per heavy atom. The number of ether oxygens (including phenoxy) is 1. The molecule has 2 N–H and O–H groups in total. The van der Waals surface area contributed by atoms with Crippen LogP contribution in [-0.4, -0.2) is 25.6 Å². The highest BCUT2D eigenvalue weighted by atomic mass is 16.5. The summed E-state index contributed by atoms with van der Waals surface area (Å²) in [6.45, 7) is 5.58. The number of benzene rings is 1. The molecule has 1 aliphatic rings. The van der Waals surface area contributed by atoms with Gasteiger partial charge in [-0.3, -0.25) is 4.79 Å². The number of amides is 1. The molecule has 0 aliphatic carbocycles. The molecule has 98 valence electrons. The molecule has 1 heterocycles. The summed E-state index contributed by atoms with van der Waals surface area (Å²) in [6, 6.07) is 8.16. The Morgan fingerprint density at radius 1 is 1.33 bits per heavy atom. The smallest absolute Gasteiger partial charge is 0.225 e. The number of carbonyl (C=O) groups excluding carboxylic acids is 1. The monoisotopic (exact) mass is 248 g/mol. The van der Waals surface area contributed by atoms with Gasteiger partial charge in [0.15, 0.2) is 0 Å². The molecule has 2 rings (SSSR count). The fourth-order valence-electron chi connectivity index (χ4n) is 1.78. The Balaban J connectivity index is 1.76. The van der Waals surface area contributed by atoms with E-state index >= 15 is 0 Å². The predicted octanol–water partition coefficient (Wildman–Crippen LogP) is 1.06. The van der Waals surface area contributed by atoms with Gasteiger partial charge in [0.1, 0.15) is 0 Å². The fourth-order valence-corrected chi connectivity index (χ4v) is 1.78. The van der Waals surface area contributed by atoms with Gasteiger partial charge < -0.3 is 15.4 Å².